The lowest BCUT2D eigenvalue weighted by atomic mass is 10.1. The molecule has 0 radical (unpaired) electrons. The fourth-order valence-corrected chi connectivity index (χ4v) is 1.28. The summed E-state index contributed by atoms with van der Waals surface area (Å²) in [6.07, 6.45) is 0.955. The summed E-state index contributed by atoms with van der Waals surface area (Å²) in [4.78, 5) is 0. The van der Waals surface area contributed by atoms with Crippen molar-refractivity contribution in [1.82, 2.24) is 5.32 Å². The highest BCUT2D eigenvalue weighted by Gasteiger charge is 2.00. The van der Waals surface area contributed by atoms with Crippen LogP contribution in [0.25, 0.3) is 0 Å². The molecule has 94 valence electrons. The minimum absolute atomic E-state index is 0.130. The van der Waals surface area contributed by atoms with E-state index in [0.29, 0.717) is 0 Å². The number of rotatable bonds is 6. The smallest absolute Gasteiger partial charge is 0.201 e. The molecule has 0 fully saturated rings. The zero-order chi connectivity index (χ0) is 13.4. The second-order valence-electron chi connectivity index (χ2n) is 3.65. The van der Waals surface area contributed by atoms with Gasteiger partial charge in [-0.1, -0.05) is 12.1 Å². The number of anilines is 1. The summed E-state index contributed by atoms with van der Waals surface area (Å²) in [5, 5.41) is 22.6. The van der Waals surface area contributed by atoms with Crippen molar-refractivity contribution in [3.05, 3.63) is 29.8 Å². The maximum Gasteiger partial charge on any atom is 0.201 e. The van der Waals surface area contributed by atoms with Gasteiger partial charge in [-0.2, -0.15) is 10.4 Å². The molecule has 1 aromatic carbocycles. The van der Waals surface area contributed by atoms with Gasteiger partial charge in [-0.25, -0.2) is 0 Å². The Balaban J connectivity index is 2.64. The summed E-state index contributed by atoms with van der Waals surface area (Å²) in [6.45, 7) is 0.924. The van der Waals surface area contributed by atoms with Crippen LogP contribution in [0.2, 0.25) is 0 Å². The molecular formula is C12H16N6. The van der Waals surface area contributed by atoms with Crippen LogP contribution in [0.1, 0.15) is 5.56 Å². The van der Waals surface area contributed by atoms with E-state index in [0.717, 1.165) is 18.7 Å². The van der Waals surface area contributed by atoms with Gasteiger partial charge in [-0.05, 0) is 37.7 Å². The number of nitriles is 1. The van der Waals surface area contributed by atoms with Gasteiger partial charge in [-0.3, -0.25) is 10.8 Å². The average molecular weight is 244 g/mol. The van der Waals surface area contributed by atoms with Crippen molar-refractivity contribution in [2.45, 2.75) is 6.42 Å². The van der Waals surface area contributed by atoms with E-state index in [2.05, 4.69) is 15.8 Å². The van der Waals surface area contributed by atoms with Crippen molar-refractivity contribution in [1.29, 1.82) is 10.7 Å². The predicted molar refractivity (Wildman–Crippen MR) is 72.7 cm³/mol. The molecule has 0 bridgehead atoms. The van der Waals surface area contributed by atoms with Gasteiger partial charge in [-0.15, -0.1) is 0 Å². The lowest BCUT2D eigenvalue weighted by Gasteiger charge is -2.04. The minimum Gasteiger partial charge on any atom is -0.382 e. The molecule has 6 nitrogen and oxygen atoms in total. The molecular weight excluding hydrogens is 228 g/mol. The minimum atomic E-state index is -0.351. The fourth-order valence-electron chi connectivity index (χ4n) is 1.28. The van der Waals surface area contributed by atoms with Crippen molar-refractivity contribution in [2.24, 2.45) is 10.8 Å². The fraction of sp³-hybridized carbons (Fsp3) is 0.250. The molecule has 0 spiro atoms. The molecule has 6 heteroatoms. The maximum atomic E-state index is 8.67. The molecule has 0 aliphatic rings. The van der Waals surface area contributed by atoms with E-state index in [1.807, 2.05) is 31.3 Å². The van der Waals surface area contributed by atoms with E-state index in [1.165, 1.54) is 5.56 Å². The van der Waals surface area contributed by atoms with Gasteiger partial charge in [0.05, 0.1) is 5.69 Å². The number of likely N-dealkylation sites (N-methyl/N-ethyl adjacent to an activating group) is 1. The first-order valence-corrected chi connectivity index (χ1v) is 5.49. The molecule has 0 atom stereocenters. The molecule has 0 amide bonds. The Morgan fingerprint density at radius 1 is 1.44 bits per heavy atom. The number of hydrogen-bond acceptors (Lipinski definition) is 5. The number of nitrogens with zero attached hydrogens (tertiary/aromatic N) is 2. The Morgan fingerprint density at radius 3 is 2.61 bits per heavy atom. The number of benzene rings is 1. The molecule has 5 N–H and O–H groups in total. The second-order valence-corrected chi connectivity index (χ2v) is 3.65. The highest BCUT2D eigenvalue weighted by atomic mass is 15.3. The summed E-state index contributed by atoms with van der Waals surface area (Å²) in [5.41, 5.74) is 9.69. The normalized spacial score (nSPS) is 10.8. The first-order valence-electron chi connectivity index (χ1n) is 5.49. The van der Waals surface area contributed by atoms with Gasteiger partial charge >= 0.3 is 0 Å². The van der Waals surface area contributed by atoms with E-state index < -0.39 is 0 Å². The van der Waals surface area contributed by atoms with Crippen LogP contribution in [-0.2, 0) is 6.42 Å². The van der Waals surface area contributed by atoms with E-state index in [-0.39, 0.29) is 11.5 Å². The van der Waals surface area contributed by atoms with Crippen LogP contribution < -0.4 is 16.5 Å². The van der Waals surface area contributed by atoms with Gasteiger partial charge in [0.25, 0.3) is 0 Å². The van der Waals surface area contributed by atoms with E-state index in [9.17, 15) is 0 Å². The third kappa shape index (κ3) is 4.23. The van der Waals surface area contributed by atoms with Crippen LogP contribution >= 0.6 is 0 Å². The maximum absolute atomic E-state index is 8.67. The number of amidine groups is 1. The molecule has 0 aliphatic heterocycles. The molecule has 0 saturated heterocycles. The first-order chi connectivity index (χ1) is 8.67. The molecule has 0 aliphatic carbocycles. The summed E-state index contributed by atoms with van der Waals surface area (Å²) in [5.74, 6) is -0.351. The summed E-state index contributed by atoms with van der Waals surface area (Å²) in [7, 11) is 1.91. The second kappa shape index (κ2) is 7.04. The number of nitrogens with two attached hydrogens (primary N) is 1. The van der Waals surface area contributed by atoms with Crippen LogP contribution in [-0.4, -0.2) is 25.1 Å². The van der Waals surface area contributed by atoms with E-state index in [4.69, 9.17) is 16.4 Å². The Morgan fingerprint density at radius 2 is 2.11 bits per heavy atom. The molecule has 0 heterocycles. The Labute approximate surface area is 106 Å². The van der Waals surface area contributed by atoms with Gasteiger partial charge in [0.1, 0.15) is 6.07 Å². The largest absolute Gasteiger partial charge is 0.382 e. The average Bonchev–Trinajstić information content (AvgIpc) is 2.38. The molecule has 1 aromatic rings. The number of nitrogens with one attached hydrogen (secondary N) is 3. The lowest BCUT2D eigenvalue weighted by Crippen LogP contribution is -2.21. The number of hydrogen-bond donors (Lipinski definition) is 4. The topological polar surface area (TPSA) is 110 Å². The highest BCUT2D eigenvalue weighted by molar-refractivity contribution is 6.45. The molecule has 0 unspecified atom stereocenters. The SMILES string of the molecule is CNCCc1ccc(N/N=C(\C#N)C(=N)N)cc1. The van der Waals surface area contributed by atoms with Gasteiger partial charge in [0.15, 0.2) is 5.84 Å². The monoisotopic (exact) mass is 244 g/mol. The van der Waals surface area contributed by atoms with E-state index >= 15 is 0 Å². The molecule has 0 aromatic heterocycles. The molecule has 0 saturated carbocycles. The van der Waals surface area contributed by atoms with Crippen LogP contribution in [0, 0.1) is 16.7 Å². The lowest BCUT2D eigenvalue weighted by molar-refractivity contribution is 0.792. The molecule has 18 heavy (non-hydrogen) atoms. The van der Waals surface area contributed by atoms with Crippen LogP contribution in [0.5, 0.6) is 0 Å². The van der Waals surface area contributed by atoms with Crippen molar-refractivity contribution >= 4 is 17.2 Å². The third-order valence-corrected chi connectivity index (χ3v) is 2.28. The van der Waals surface area contributed by atoms with E-state index in [1.54, 1.807) is 6.07 Å². The van der Waals surface area contributed by atoms with Gasteiger partial charge in [0, 0.05) is 0 Å². The van der Waals surface area contributed by atoms with Crippen LogP contribution in [0.3, 0.4) is 0 Å². The van der Waals surface area contributed by atoms with Crippen molar-refractivity contribution in [3.63, 3.8) is 0 Å². The van der Waals surface area contributed by atoms with Gasteiger partial charge in [0.2, 0.25) is 5.71 Å². The quantitative estimate of drug-likeness (QED) is 0.335. The predicted octanol–water partition coefficient (Wildman–Crippen LogP) is 0.676. The summed E-state index contributed by atoms with van der Waals surface area (Å²) in [6, 6.07) is 9.43. The highest BCUT2D eigenvalue weighted by Crippen LogP contribution is 2.09. The van der Waals surface area contributed by atoms with Gasteiger partial charge < -0.3 is 11.1 Å². The summed E-state index contributed by atoms with van der Waals surface area (Å²) >= 11 is 0. The first kappa shape index (κ1) is 13.7. The molecule has 1 rings (SSSR count). The Hall–Kier alpha value is -2.39. The Bertz CT molecular complexity index is 468. The number of hydrazone groups is 1. The van der Waals surface area contributed by atoms with Crippen LogP contribution in [0.4, 0.5) is 5.69 Å². The van der Waals surface area contributed by atoms with Crippen molar-refractivity contribution in [2.75, 3.05) is 19.0 Å². The zero-order valence-electron chi connectivity index (χ0n) is 10.2. The standard InChI is InChI=1S/C12H16N6/c1-16-7-6-9-2-4-10(5-3-9)17-18-11(8-13)12(14)15/h2-5,16-17H,6-7H2,1H3,(H3,14,15)/b18-11+. The summed E-state index contributed by atoms with van der Waals surface area (Å²) < 4.78 is 0. The van der Waals surface area contributed by atoms with Crippen molar-refractivity contribution < 1.29 is 0 Å². The van der Waals surface area contributed by atoms with Crippen molar-refractivity contribution in [3.8, 4) is 6.07 Å². The third-order valence-electron chi connectivity index (χ3n) is 2.28. The zero-order valence-corrected chi connectivity index (χ0v) is 10.2. The Kier molecular flexibility index (Phi) is 5.35. The van der Waals surface area contributed by atoms with Crippen LogP contribution in [0.15, 0.2) is 29.4 Å².